The first-order valence-electron chi connectivity index (χ1n) is 7.37. The SMILES string of the molecule is COc1ccc(CCC(=O)Nc2cccc(C(=O)O)c2)cc1OC. The van der Waals surface area contributed by atoms with Gasteiger partial charge in [-0.05, 0) is 42.3 Å². The predicted molar refractivity (Wildman–Crippen MR) is 89.9 cm³/mol. The molecule has 2 rings (SSSR count). The van der Waals surface area contributed by atoms with Crippen LogP contribution in [-0.2, 0) is 11.2 Å². The van der Waals surface area contributed by atoms with Crippen molar-refractivity contribution in [1.82, 2.24) is 0 Å². The normalized spacial score (nSPS) is 10.1. The number of rotatable bonds is 7. The fourth-order valence-electron chi connectivity index (χ4n) is 2.25. The Hall–Kier alpha value is -3.02. The molecule has 2 aromatic carbocycles. The lowest BCUT2D eigenvalue weighted by molar-refractivity contribution is -0.116. The highest BCUT2D eigenvalue weighted by molar-refractivity contribution is 5.93. The summed E-state index contributed by atoms with van der Waals surface area (Å²) in [5.74, 6) is 0.0319. The second-order valence-corrected chi connectivity index (χ2v) is 5.12. The van der Waals surface area contributed by atoms with Gasteiger partial charge in [0.05, 0.1) is 19.8 Å². The maximum absolute atomic E-state index is 12.0. The zero-order valence-corrected chi connectivity index (χ0v) is 13.5. The van der Waals surface area contributed by atoms with Gasteiger partial charge in [0.15, 0.2) is 11.5 Å². The molecule has 0 saturated heterocycles. The molecule has 0 bridgehead atoms. The van der Waals surface area contributed by atoms with E-state index in [-0.39, 0.29) is 17.9 Å². The third-order valence-electron chi connectivity index (χ3n) is 3.48. The molecule has 0 saturated carbocycles. The van der Waals surface area contributed by atoms with Crippen molar-refractivity contribution in [2.45, 2.75) is 12.8 Å². The van der Waals surface area contributed by atoms with Gasteiger partial charge in [-0.15, -0.1) is 0 Å². The number of amides is 1. The van der Waals surface area contributed by atoms with Crippen molar-refractivity contribution in [2.24, 2.45) is 0 Å². The first kappa shape index (κ1) is 17.3. The van der Waals surface area contributed by atoms with Gasteiger partial charge in [0.2, 0.25) is 5.91 Å². The van der Waals surface area contributed by atoms with Crippen LogP contribution in [0.5, 0.6) is 11.5 Å². The standard InChI is InChI=1S/C18H19NO5/c1-23-15-8-6-12(10-16(15)24-2)7-9-17(20)19-14-5-3-4-13(11-14)18(21)22/h3-6,8,10-11H,7,9H2,1-2H3,(H,19,20)(H,21,22). The Morgan fingerprint density at radius 2 is 1.79 bits per heavy atom. The average molecular weight is 329 g/mol. The number of benzene rings is 2. The van der Waals surface area contributed by atoms with Gasteiger partial charge in [-0.2, -0.15) is 0 Å². The maximum Gasteiger partial charge on any atom is 0.335 e. The Morgan fingerprint density at radius 1 is 1.04 bits per heavy atom. The van der Waals surface area contributed by atoms with Crippen molar-refractivity contribution in [3.05, 3.63) is 53.6 Å². The minimum absolute atomic E-state index is 0.132. The molecule has 0 atom stereocenters. The van der Waals surface area contributed by atoms with E-state index >= 15 is 0 Å². The van der Waals surface area contributed by atoms with Crippen molar-refractivity contribution in [3.8, 4) is 11.5 Å². The zero-order chi connectivity index (χ0) is 17.5. The lowest BCUT2D eigenvalue weighted by Gasteiger charge is -2.10. The third-order valence-corrected chi connectivity index (χ3v) is 3.48. The summed E-state index contributed by atoms with van der Waals surface area (Å²) >= 11 is 0. The summed E-state index contributed by atoms with van der Waals surface area (Å²) in [4.78, 5) is 23.0. The molecule has 0 aromatic heterocycles. The van der Waals surface area contributed by atoms with Gasteiger partial charge in [0.1, 0.15) is 0 Å². The van der Waals surface area contributed by atoms with Gasteiger partial charge in [0, 0.05) is 12.1 Å². The highest BCUT2D eigenvalue weighted by Gasteiger charge is 2.09. The quantitative estimate of drug-likeness (QED) is 0.816. The number of nitrogens with one attached hydrogen (secondary N) is 1. The van der Waals surface area contributed by atoms with Gasteiger partial charge in [-0.1, -0.05) is 12.1 Å². The number of carboxylic acid groups (broad SMARTS) is 1. The number of hydrogen-bond donors (Lipinski definition) is 2. The summed E-state index contributed by atoms with van der Waals surface area (Å²) in [5, 5.41) is 11.7. The van der Waals surface area contributed by atoms with E-state index in [1.165, 1.54) is 12.1 Å². The Labute approximate surface area is 140 Å². The number of anilines is 1. The van der Waals surface area contributed by atoms with Crippen LogP contribution in [0.25, 0.3) is 0 Å². The Balaban J connectivity index is 1.96. The molecule has 24 heavy (non-hydrogen) atoms. The van der Waals surface area contributed by atoms with E-state index in [4.69, 9.17) is 14.6 Å². The molecule has 0 aliphatic rings. The zero-order valence-electron chi connectivity index (χ0n) is 13.5. The summed E-state index contributed by atoms with van der Waals surface area (Å²) in [6, 6.07) is 11.6. The molecule has 126 valence electrons. The van der Waals surface area contributed by atoms with Gasteiger partial charge < -0.3 is 19.9 Å². The van der Waals surface area contributed by atoms with Crippen LogP contribution in [0.3, 0.4) is 0 Å². The van der Waals surface area contributed by atoms with Crippen LogP contribution in [-0.4, -0.2) is 31.2 Å². The molecule has 0 aliphatic heterocycles. The van der Waals surface area contributed by atoms with Gasteiger partial charge in [0.25, 0.3) is 0 Å². The number of ether oxygens (including phenoxy) is 2. The third kappa shape index (κ3) is 4.49. The van der Waals surface area contributed by atoms with Crippen molar-refractivity contribution in [3.63, 3.8) is 0 Å². The lowest BCUT2D eigenvalue weighted by Crippen LogP contribution is -2.12. The molecule has 0 spiro atoms. The van der Waals surface area contributed by atoms with Gasteiger partial charge in [-0.3, -0.25) is 4.79 Å². The summed E-state index contributed by atoms with van der Waals surface area (Å²) in [5.41, 5.74) is 1.54. The van der Waals surface area contributed by atoms with Crippen molar-refractivity contribution in [2.75, 3.05) is 19.5 Å². The fraction of sp³-hybridized carbons (Fsp3) is 0.222. The van der Waals surface area contributed by atoms with E-state index in [0.717, 1.165) is 5.56 Å². The van der Waals surface area contributed by atoms with Crippen LogP contribution < -0.4 is 14.8 Å². The fourth-order valence-corrected chi connectivity index (χ4v) is 2.25. The van der Waals surface area contributed by atoms with E-state index in [9.17, 15) is 9.59 Å². The Kier molecular flexibility index (Phi) is 5.78. The van der Waals surface area contributed by atoms with E-state index in [1.807, 2.05) is 12.1 Å². The van der Waals surface area contributed by atoms with Crippen molar-refractivity contribution < 1.29 is 24.2 Å². The molecular formula is C18H19NO5. The molecular weight excluding hydrogens is 310 g/mol. The molecule has 2 aromatic rings. The summed E-state index contributed by atoms with van der Waals surface area (Å²) in [7, 11) is 3.12. The lowest BCUT2D eigenvalue weighted by atomic mass is 10.1. The molecule has 6 nitrogen and oxygen atoms in total. The molecule has 0 aliphatic carbocycles. The van der Waals surface area contributed by atoms with Crippen molar-refractivity contribution >= 4 is 17.6 Å². The number of methoxy groups -OCH3 is 2. The number of carbonyl (C=O) groups excluding carboxylic acids is 1. The molecule has 1 amide bonds. The second kappa shape index (κ2) is 8.01. The Bertz CT molecular complexity index is 742. The molecule has 0 radical (unpaired) electrons. The highest BCUT2D eigenvalue weighted by Crippen LogP contribution is 2.28. The minimum atomic E-state index is -1.03. The number of aromatic carboxylic acids is 1. The van der Waals surface area contributed by atoms with Gasteiger partial charge >= 0.3 is 5.97 Å². The molecule has 0 heterocycles. The highest BCUT2D eigenvalue weighted by atomic mass is 16.5. The predicted octanol–water partition coefficient (Wildman–Crippen LogP) is 2.97. The molecule has 0 unspecified atom stereocenters. The van der Waals surface area contributed by atoms with Gasteiger partial charge in [-0.25, -0.2) is 4.79 Å². The summed E-state index contributed by atoms with van der Waals surface area (Å²) in [6.45, 7) is 0. The minimum Gasteiger partial charge on any atom is -0.493 e. The largest absolute Gasteiger partial charge is 0.493 e. The molecule has 6 heteroatoms. The van der Waals surface area contributed by atoms with E-state index < -0.39 is 5.97 Å². The first-order chi connectivity index (χ1) is 11.5. The van der Waals surface area contributed by atoms with Crippen LogP contribution in [0.4, 0.5) is 5.69 Å². The van der Waals surface area contributed by atoms with Crippen LogP contribution in [0.15, 0.2) is 42.5 Å². The number of carboxylic acids is 1. The van der Waals surface area contributed by atoms with E-state index in [0.29, 0.717) is 23.6 Å². The van der Waals surface area contributed by atoms with E-state index in [1.54, 1.807) is 32.4 Å². The first-order valence-corrected chi connectivity index (χ1v) is 7.37. The smallest absolute Gasteiger partial charge is 0.335 e. The monoisotopic (exact) mass is 329 g/mol. The van der Waals surface area contributed by atoms with Crippen LogP contribution in [0.1, 0.15) is 22.3 Å². The van der Waals surface area contributed by atoms with Crippen LogP contribution in [0, 0.1) is 0 Å². The van der Waals surface area contributed by atoms with Crippen molar-refractivity contribution in [1.29, 1.82) is 0 Å². The second-order valence-electron chi connectivity index (χ2n) is 5.12. The topological polar surface area (TPSA) is 84.9 Å². The average Bonchev–Trinajstić information content (AvgIpc) is 2.59. The van der Waals surface area contributed by atoms with Crippen LogP contribution in [0.2, 0.25) is 0 Å². The number of hydrogen-bond acceptors (Lipinski definition) is 4. The number of carbonyl (C=O) groups is 2. The van der Waals surface area contributed by atoms with E-state index in [2.05, 4.69) is 5.32 Å². The summed E-state index contributed by atoms with van der Waals surface area (Å²) in [6.07, 6.45) is 0.803. The molecule has 0 fully saturated rings. The Morgan fingerprint density at radius 3 is 2.46 bits per heavy atom. The summed E-state index contributed by atoms with van der Waals surface area (Å²) < 4.78 is 10.4. The maximum atomic E-state index is 12.0. The molecule has 2 N–H and O–H groups in total. The number of aryl methyl sites for hydroxylation is 1. The van der Waals surface area contributed by atoms with Crippen LogP contribution >= 0.6 is 0 Å².